The Morgan fingerprint density at radius 2 is 2.21 bits per heavy atom. The van der Waals surface area contributed by atoms with Crippen LogP contribution in [0, 0.1) is 5.41 Å². The Balaban J connectivity index is 0.000000750. The molecule has 0 aromatic carbocycles. The fourth-order valence-electron chi connectivity index (χ4n) is 3.11. The van der Waals surface area contributed by atoms with Crippen LogP contribution >= 0.6 is 12.4 Å². The van der Waals surface area contributed by atoms with Crippen LogP contribution < -0.4 is 5.32 Å². The maximum atomic E-state index is 11.3. The fourth-order valence-corrected chi connectivity index (χ4v) is 3.11. The summed E-state index contributed by atoms with van der Waals surface area (Å²) in [6.07, 6.45) is 2.66. The zero-order valence-electron chi connectivity index (χ0n) is 7.78. The van der Waals surface area contributed by atoms with Crippen molar-refractivity contribution in [1.29, 1.82) is 0 Å². The third-order valence-electron chi connectivity index (χ3n) is 3.96. The molecule has 1 saturated carbocycles. The topological polar surface area (TPSA) is 58.6 Å². The highest BCUT2D eigenvalue weighted by molar-refractivity contribution is 5.85. The Morgan fingerprint density at radius 1 is 1.50 bits per heavy atom. The van der Waals surface area contributed by atoms with Crippen molar-refractivity contribution < 1.29 is 14.6 Å². The van der Waals surface area contributed by atoms with Crippen molar-refractivity contribution in [1.82, 2.24) is 5.32 Å². The van der Waals surface area contributed by atoms with Crippen LogP contribution in [0.15, 0.2) is 0 Å². The normalized spacial score (nSPS) is 41.9. The Kier molecular flexibility index (Phi) is 2.07. The first kappa shape index (κ1) is 10.2. The van der Waals surface area contributed by atoms with E-state index in [4.69, 9.17) is 4.74 Å². The van der Waals surface area contributed by atoms with Crippen molar-refractivity contribution in [2.24, 2.45) is 5.41 Å². The summed E-state index contributed by atoms with van der Waals surface area (Å²) in [5, 5.41) is 12.4. The largest absolute Gasteiger partial charge is 0.481 e. The van der Waals surface area contributed by atoms with Crippen molar-refractivity contribution in [2.75, 3.05) is 13.1 Å². The zero-order chi connectivity index (χ0) is 9.10. The summed E-state index contributed by atoms with van der Waals surface area (Å²) in [6.45, 7) is 1.44. The van der Waals surface area contributed by atoms with Crippen LogP contribution in [0.2, 0.25) is 0 Å². The molecule has 2 bridgehead atoms. The lowest BCUT2D eigenvalue weighted by atomic mass is 9.68. The van der Waals surface area contributed by atoms with Gasteiger partial charge in [0.1, 0.15) is 11.0 Å². The van der Waals surface area contributed by atoms with Crippen LogP contribution in [0.25, 0.3) is 0 Å². The van der Waals surface area contributed by atoms with Gasteiger partial charge in [0.25, 0.3) is 0 Å². The van der Waals surface area contributed by atoms with Gasteiger partial charge in [-0.2, -0.15) is 0 Å². The molecule has 1 aliphatic carbocycles. The molecule has 3 rings (SSSR count). The first-order chi connectivity index (χ1) is 6.19. The van der Waals surface area contributed by atoms with Gasteiger partial charge in [0, 0.05) is 13.1 Å². The Hall–Kier alpha value is -0.320. The number of aliphatic carboxylic acids is 1. The molecule has 2 unspecified atom stereocenters. The van der Waals surface area contributed by atoms with Crippen molar-refractivity contribution >= 4 is 18.4 Å². The summed E-state index contributed by atoms with van der Waals surface area (Å²) >= 11 is 0. The first-order valence-electron chi connectivity index (χ1n) is 4.81. The average Bonchev–Trinajstić information content (AvgIpc) is 2.56. The van der Waals surface area contributed by atoms with Crippen molar-refractivity contribution in [3.05, 3.63) is 0 Å². The second kappa shape index (κ2) is 2.84. The highest BCUT2D eigenvalue weighted by Gasteiger charge is 2.69. The molecule has 2 saturated heterocycles. The van der Waals surface area contributed by atoms with E-state index in [2.05, 4.69) is 5.32 Å². The molecule has 2 N–H and O–H groups in total. The molecule has 80 valence electrons. The molecule has 2 heterocycles. The van der Waals surface area contributed by atoms with Gasteiger partial charge in [-0.15, -0.1) is 12.4 Å². The Morgan fingerprint density at radius 3 is 2.57 bits per heavy atom. The van der Waals surface area contributed by atoms with Gasteiger partial charge in [-0.05, 0) is 19.3 Å². The predicted molar refractivity (Wildman–Crippen MR) is 51.6 cm³/mol. The SMILES string of the molecule is Cl.O=C(O)C12CCC(C1)OC21CNC1. The molecule has 2 atom stereocenters. The summed E-state index contributed by atoms with van der Waals surface area (Å²) in [4.78, 5) is 11.3. The maximum absolute atomic E-state index is 11.3. The van der Waals surface area contributed by atoms with Crippen LogP contribution in [0.3, 0.4) is 0 Å². The number of rotatable bonds is 1. The van der Waals surface area contributed by atoms with Crippen LogP contribution in [-0.4, -0.2) is 35.9 Å². The molecule has 2 aliphatic heterocycles. The van der Waals surface area contributed by atoms with Gasteiger partial charge < -0.3 is 15.2 Å². The Labute approximate surface area is 88.4 Å². The van der Waals surface area contributed by atoms with Gasteiger partial charge in [0.2, 0.25) is 0 Å². The highest BCUT2D eigenvalue weighted by Crippen LogP contribution is 2.58. The summed E-state index contributed by atoms with van der Waals surface area (Å²) in [5.41, 5.74) is -0.926. The quantitative estimate of drug-likeness (QED) is 0.671. The molecule has 0 aromatic heterocycles. The zero-order valence-corrected chi connectivity index (χ0v) is 8.60. The number of hydrogen-bond acceptors (Lipinski definition) is 3. The molecular formula is C9H14ClNO3. The number of nitrogens with one attached hydrogen (secondary N) is 1. The van der Waals surface area contributed by atoms with E-state index in [1.165, 1.54) is 0 Å². The maximum Gasteiger partial charge on any atom is 0.312 e. The minimum Gasteiger partial charge on any atom is -0.481 e. The number of carboxylic acid groups (broad SMARTS) is 1. The molecular weight excluding hydrogens is 206 g/mol. The third-order valence-corrected chi connectivity index (χ3v) is 3.96. The van der Waals surface area contributed by atoms with Crippen LogP contribution in [0.5, 0.6) is 0 Å². The molecule has 0 amide bonds. The second-order valence-corrected chi connectivity index (χ2v) is 4.47. The van der Waals surface area contributed by atoms with Gasteiger partial charge in [0.15, 0.2) is 0 Å². The molecule has 1 spiro atoms. The van der Waals surface area contributed by atoms with Crippen LogP contribution in [-0.2, 0) is 9.53 Å². The summed E-state index contributed by atoms with van der Waals surface area (Å²) < 4.78 is 5.81. The van der Waals surface area contributed by atoms with E-state index in [0.717, 1.165) is 32.4 Å². The van der Waals surface area contributed by atoms with Gasteiger partial charge >= 0.3 is 5.97 Å². The number of carbonyl (C=O) groups is 1. The monoisotopic (exact) mass is 219 g/mol. The van der Waals surface area contributed by atoms with Gasteiger partial charge in [-0.25, -0.2) is 0 Å². The minimum atomic E-state index is -0.658. The first-order valence-corrected chi connectivity index (χ1v) is 4.81. The lowest BCUT2D eigenvalue weighted by Crippen LogP contribution is -2.69. The number of ether oxygens (including phenoxy) is 1. The van der Waals surface area contributed by atoms with E-state index in [9.17, 15) is 9.90 Å². The lowest BCUT2D eigenvalue weighted by Gasteiger charge is -2.49. The summed E-state index contributed by atoms with van der Waals surface area (Å²) in [6, 6.07) is 0. The van der Waals surface area contributed by atoms with E-state index in [0.29, 0.717) is 0 Å². The molecule has 5 heteroatoms. The molecule has 4 nitrogen and oxygen atoms in total. The highest BCUT2D eigenvalue weighted by atomic mass is 35.5. The van der Waals surface area contributed by atoms with Crippen LogP contribution in [0.1, 0.15) is 19.3 Å². The average molecular weight is 220 g/mol. The second-order valence-electron chi connectivity index (χ2n) is 4.47. The van der Waals surface area contributed by atoms with Gasteiger partial charge in [0.05, 0.1) is 6.10 Å². The van der Waals surface area contributed by atoms with Gasteiger partial charge in [-0.3, -0.25) is 4.79 Å². The summed E-state index contributed by atoms with van der Waals surface area (Å²) in [7, 11) is 0. The molecule has 3 fully saturated rings. The fraction of sp³-hybridized carbons (Fsp3) is 0.889. The van der Waals surface area contributed by atoms with E-state index in [1.807, 2.05) is 0 Å². The Bertz CT molecular complexity index is 279. The molecule has 0 radical (unpaired) electrons. The number of halogens is 1. The van der Waals surface area contributed by atoms with E-state index >= 15 is 0 Å². The third kappa shape index (κ3) is 0.890. The van der Waals surface area contributed by atoms with Gasteiger partial charge in [-0.1, -0.05) is 0 Å². The smallest absolute Gasteiger partial charge is 0.312 e. The molecule has 3 aliphatic rings. The predicted octanol–water partition coefficient (Wildman–Crippen LogP) is 0.404. The number of hydrogen-bond donors (Lipinski definition) is 2. The van der Waals surface area contributed by atoms with E-state index in [-0.39, 0.29) is 24.1 Å². The van der Waals surface area contributed by atoms with Crippen LogP contribution in [0.4, 0.5) is 0 Å². The summed E-state index contributed by atoms with van der Waals surface area (Å²) in [5.74, 6) is -0.658. The standard InChI is InChI=1S/C9H13NO3.ClH/c11-7(12)8-2-1-6(3-8)13-9(8)4-10-5-9;/h6,10H,1-5H2,(H,11,12);1H. The van der Waals surface area contributed by atoms with E-state index in [1.54, 1.807) is 0 Å². The van der Waals surface area contributed by atoms with Crippen molar-refractivity contribution in [3.63, 3.8) is 0 Å². The van der Waals surface area contributed by atoms with E-state index < -0.39 is 11.4 Å². The van der Waals surface area contributed by atoms with Crippen molar-refractivity contribution in [2.45, 2.75) is 31.0 Å². The number of fused-ring (bicyclic) bond motifs is 3. The molecule has 14 heavy (non-hydrogen) atoms. The van der Waals surface area contributed by atoms with Crippen molar-refractivity contribution in [3.8, 4) is 0 Å². The molecule has 0 aromatic rings. The minimum absolute atomic E-state index is 0. The number of carboxylic acids is 1. The lowest BCUT2D eigenvalue weighted by molar-refractivity contribution is -0.182.